The van der Waals surface area contributed by atoms with Gasteiger partial charge < -0.3 is 15.5 Å². The zero-order valence-electron chi connectivity index (χ0n) is 33.7. The molecule has 0 aromatic carbocycles. The van der Waals surface area contributed by atoms with Crippen molar-refractivity contribution in [2.75, 3.05) is 6.61 Å². The third-order valence-electron chi connectivity index (χ3n) is 10.9. The fourth-order valence-corrected chi connectivity index (χ4v) is 7.36. The van der Waals surface area contributed by atoms with E-state index in [4.69, 9.17) is 0 Å². The van der Waals surface area contributed by atoms with Crippen molar-refractivity contribution in [3.63, 3.8) is 0 Å². The first-order chi connectivity index (χ1) is 24.2. The third kappa shape index (κ3) is 38.5. The van der Waals surface area contributed by atoms with Crippen LogP contribution in [0.2, 0.25) is 0 Å². The molecular weight excluding hydrogens is 602 g/mol. The molecule has 0 heterocycles. The predicted molar refractivity (Wildman–Crippen MR) is 216 cm³/mol. The van der Waals surface area contributed by atoms with Crippen LogP contribution in [0.3, 0.4) is 0 Å². The van der Waals surface area contributed by atoms with Crippen molar-refractivity contribution >= 4 is 5.91 Å². The Bertz CT molecular complexity index is 626. The average molecular weight is 694 g/mol. The van der Waals surface area contributed by atoms with Crippen molar-refractivity contribution in [3.8, 4) is 0 Å². The van der Waals surface area contributed by atoms with E-state index in [1.165, 1.54) is 212 Å². The zero-order chi connectivity index (χ0) is 35.7. The van der Waals surface area contributed by atoms with Crippen molar-refractivity contribution in [1.82, 2.24) is 5.32 Å². The molecule has 1 amide bonds. The van der Waals surface area contributed by atoms with Gasteiger partial charge in [-0.15, -0.1) is 0 Å². The molecule has 4 heteroatoms. The number of hydrogen-bond acceptors (Lipinski definition) is 3. The van der Waals surface area contributed by atoms with Crippen molar-refractivity contribution in [2.24, 2.45) is 0 Å². The van der Waals surface area contributed by atoms with Crippen molar-refractivity contribution < 1.29 is 15.0 Å². The second kappa shape index (κ2) is 41.8. The first-order valence-corrected chi connectivity index (χ1v) is 22.7. The first kappa shape index (κ1) is 48.4. The second-order valence-corrected chi connectivity index (χ2v) is 15.8. The fraction of sp³-hybridized carbons (Fsp3) is 0.978. The minimum absolute atomic E-state index is 0.0278. The van der Waals surface area contributed by atoms with Crippen molar-refractivity contribution in [3.05, 3.63) is 0 Å². The van der Waals surface area contributed by atoms with E-state index in [1.54, 1.807) is 0 Å². The van der Waals surface area contributed by atoms with E-state index in [1.807, 2.05) is 0 Å². The van der Waals surface area contributed by atoms with Crippen LogP contribution in [0, 0.1) is 0 Å². The molecule has 0 saturated heterocycles. The lowest BCUT2D eigenvalue weighted by molar-refractivity contribution is -0.123. The van der Waals surface area contributed by atoms with Crippen LogP contribution < -0.4 is 5.32 Å². The summed E-state index contributed by atoms with van der Waals surface area (Å²) in [5.41, 5.74) is 0. The number of rotatable bonds is 42. The Labute approximate surface area is 308 Å². The summed E-state index contributed by atoms with van der Waals surface area (Å²) in [6.07, 6.45) is 50.5. The van der Waals surface area contributed by atoms with Crippen LogP contribution in [0.25, 0.3) is 0 Å². The third-order valence-corrected chi connectivity index (χ3v) is 10.9. The minimum atomic E-state index is -0.652. The van der Waals surface area contributed by atoms with E-state index in [9.17, 15) is 15.0 Å². The molecule has 0 bridgehead atoms. The van der Waals surface area contributed by atoms with Crippen LogP contribution >= 0.6 is 0 Å². The van der Waals surface area contributed by atoms with Crippen LogP contribution in [0.1, 0.15) is 264 Å². The zero-order valence-corrected chi connectivity index (χ0v) is 33.7. The van der Waals surface area contributed by atoms with Gasteiger partial charge in [-0.05, 0) is 12.8 Å². The first-order valence-electron chi connectivity index (χ1n) is 22.7. The molecule has 0 radical (unpaired) electrons. The highest BCUT2D eigenvalue weighted by Crippen LogP contribution is 2.17. The lowest BCUT2D eigenvalue weighted by Crippen LogP contribution is -2.45. The molecule has 0 aliphatic rings. The van der Waals surface area contributed by atoms with Gasteiger partial charge >= 0.3 is 0 Å². The van der Waals surface area contributed by atoms with Gasteiger partial charge in [0.15, 0.2) is 0 Å². The lowest BCUT2D eigenvalue weighted by atomic mass is 10.0. The van der Waals surface area contributed by atoms with Gasteiger partial charge in [-0.2, -0.15) is 0 Å². The van der Waals surface area contributed by atoms with Crippen molar-refractivity contribution in [2.45, 2.75) is 276 Å². The summed E-state index contributed by atoms with van der Waals surface area (Å²) in [5, 5.41) is 23.2. The SMILES string of the molecule is CCCCCCCCCCCCCCCCCCCCCCCCCCCC(O)C(CO)NC(=O)CCCCCCCCCCCCCC. The Morgan fingerprint density at radius 3 is 0.918 bits per heavy atom. The molecule has 0 saturated carbocycles. The smallest absolute Gasteiger partial charge is 0.220 e. The summed E-state index contributed by atoms with van der Waals surface area (Å²) >= 11 is 0. The molecule has 0 rings (SSSR count). The summed E-state index contributed by atoms with van der Waals surface area (Å²) < 4.78 is 0. The number of carbonyl (C=O) groups is 1. The van der Waals surface area contributed by atoms with Gasteiger partial charge in [0.25, 0.3) is 0 Å². The van der Waals surface area contributed by atoms with E-state index in [0.29, 0.717) is 12.8 Å². The van der Waals surface area contributed by atoms with E-state index in [-0.39, 0.29) is 12.5 Å². The summed E-state index contributed by atoms with van der Waals surface area (Å²) in [6, 6.07) is -0.529. The molecular formula is C45H91NO3. The Hall–Kier alpha value is -0.610. The van der Waals surface area contributed by atoms with Gasteiger partial charge in [0.2, 0.25) is 5.91 Å². The van der Waals surface area contributed by atoms with E-state index >= 15 is 0 Å². The molecule has 2 unspecified atom stereocenters. The molecule has 0 aromatic rings. The Morgan fingerprint density at radius 1 is 0.408 bits per heavy atom. The maximum Gasteiger partial charge on any atom is 0.220 e. The average Bonchev–Trinajstić information content (AvgIpc) is 3.10. The van der Waals surface area contributed by atoms with E-state index in [0.717, 1.165) is 25.7 Å². The van der Waals surface area contributed by atoms with Gasteiger partial charge in [-0.25, -0.2) is 0 Å². The summed E-state index contributed by atoms with van der Waals surface area (Å²) in [6.45, 7) is 4.37. The molecule has 294 valence electrons. The van der Waals surface area contributed by atoms with Crippen LogP contribution in [0.4, 0.5) is 0 Å². The number of aliphatic hydroxyl groups excluding tert-OH is 2. The number of hydrogen-bond donors (Lipinski definition) is 3. The maximum atomic E-state index is 12.4. The molecule has 0 spiro atoms. The van der Waals surface area contributed by atoms with Gasteiger partial charge in [-0.3, -0.25) is 4.79 Å². The van der Waals surface area contributed by atoms with Crippen LogP contribution in [-0.2, 0) is 4.79 Å². The van der Waals surface area contributed by atoms with Gasteiger partial charge in [0.1, 0.15) is 0 Å². The molecule has 0 aliphatic carbocycles. The molecule has 0 aromatic heterocycles. The topological polar surface area (TPSA) is 69.6 Å². The lowest BCUT2D eigenvalue weighted by Gasteiger charge is -2.22. The van der Waals surface area contributed by atoms with Crippen LogP contribution in [-0.4, -0.2) is 34.9 Å². The summed E-state index contributed by atoms with van der Waals surface area (Å²) in [4.78, 5) is 12.4. The summed E-state index contributed by atoms with van der Waals surface area (Å²) in [7, 11) is 0. The number of aliphatic hydroxyl groups is 2. The molecule has 3 N–H and O–H groups in total. The molecule has 0 aliphatic heterocycles. The fourth-order valence-electron chi connectivity index (χ4n) is 7.36. The Balaban J connectivity index is 3.41. The Kier molecular flexibility index (Phi) is 41.3. The second-order valence-electron chi connectivity index (χ2n) is 15.8. The standard InChI is InChI=1S/C45H91NO3/c1-3-5-7-9-11-13-15-17-18-19-20-21-22-23-24-25-26-27-28-29-30-32-34-36-38-40-44(48)43(42-47)46-45(49)41-39-37-35-33-31-16-14-12-10-8-6-4-2/h43-44,47-48H,3-42H2,1-2H3,(H,46,49). The number of carbonyl (C=O) groups excluding carboxylic acids is 1. The Morgan fingerprint density at radius 2 is 0.653 bits per heavy atom. The largest absolute Gasteiger partial charge is 0.394 e. The quantitative estimate of drug-likeness (QED) is 0.0557. The number of nitrogens with one attached hydrogen (secondary N) is 1. The van der Waals surface area contributed by atoms with Crippen LogP contribution in [0.5, 0.6) is 0 Å². The highest BCUT2D eigenvalue weighted by Gasteiger charge is 2.20. The monoisotopic (exact) mass is 694 g/mol. The van der Waals surface area contributed by atoms with Crippen LogP contribution in [0.15, 0.2) is 0 Å². The van der Waals surface area contributed by atoms with E-state index in [2.05, 4.69) is 19.2 Å². The normalized spacial score (nSPS) is 12.8. The minimum Gasteiger partial charge on any atom is -0.394 e. The molecule has 49 heavy (non-hydrogen) atoms. The van der Waals surface area contributed by atoms with Gasteiger partial charge in [-0.1, -0.05) is 245 Å². The number of amides is 1. The molecule has 2 atom stereocenters. The number of unbranched alkanes of at least 4 members (excludes halogenated alkanes) is 35. The van der Waals surface area contributed by atoms with E-state index < -0.39 is 12.1 Å². The summed E-state index contributed by atoms with van der Waals surface area (Å²) in [5.74, 6) is -0.0278. The predicted octanol–water partition coefficient (Wildman–Crippen LogP) is 14.1. The highest BCUT2D eigenvalue weighted by atomic mass is 16.3. The van der Waals surface area contributed by atoms with Crippen molar-refractivity contribution in [1.29, 1.82) is 0 Å². The maximum absolute atomic E-state index is 12.4. The molecule has 4 nitrogen and oxygen atoms in total. The van der Waals surface area contributed by atoms with Gasteiger partial charge in [0, 0.05) is 6.42 Å². The highest BCUT2D eigenvalue weighted by molar-refractivity contribution is 5.76. The molecule has 0 fully saturated rings. The van der Waals surface area contributed by atoms with Gasteiger partial charge in [0.05, 0.1) is 18.8 Å².